The Labute approximate surface area is 84.5 Å². The minimum absolute atomic E-state index is 0.0125. The van der Waals surface area contributed by atoms with Gasteiger partial charge in [-0.25, -0.2) is 9.97 Å². The number of imidazole rings is 1. The molecule has 0 atom stereocenters. The second kappa shape index (κ2) is 2.66. The summed E-state index contributed by atoms with van der Waals surface area (Å²) in [4.78, 5) is 25.7. The van der Waals surface area contributed by atoms with Gasteiger partial charge in [-0.1, -0.05) is 0 Å². The van der Waals surface area contributed by atoms with E-state index in [9.17, 15) is 4.79 Å². The summed E-state index contributed by atoms with van der Waals surface area (Å²) in [5.41, 5.74) is 2.95. The van der Waals surface area contributed by atoms with E-state index in [1.807, 2.05) is 0 Å². The van der Waals surface area contributed by atoms with Gasteiger partial charge in [-0.15, -0.1) is 0 Å². The summed E-state index contributed by atoms with van der Waals surface area (Å²) in [6, 6.07) is 0. The molecular weight excluding hydrogens is 192 g/mol. The first-order valence-corrected chi connectivity index (χ1v) is 4.57. The first kappa shape index (κ1) is 8.16. The molecular formula is C10H8N4O. The Kier molecular flexibility index (Phi) is 1.45. The zero-order valence-electron chi connectivity index (χ0n) is 8.03. The number of pyridine rings is 1. The lowest BCUT2D eigenvalue weighted by Crippen LogP contribution is -1.90. The number of aromatic amines is 2. The fraction of sp³-hybridized carbons (Fsp3) is 0.100. The standard InChI is InChI=1S/C10H8N4O/c1-5(15)6-2-11-10-8(6)9-7(3-12-10)13-4-14-9/h2-4H,1H3,(H,11,12)(H,13,14). The van der Waals surface area contributed by atoms with Crippen LogP contribution in [0.5, 0.6) is 0 Å². The lowest BCUT2D eigenvalue weighted by atomic mass is 10.1. The van der Waals surface area contributed by atoms with Crippen LogP contribution >= 0.6 is 0 Å². The molecule has 0 saturated heterocycles. The van der Waals surface area contributed by atoms with Crippen molar-refractivity contribution >= 4 is 27.9 Å². The summed E-state index contributed by atoms with van der Waals surface area (Å²) in [6.07, 6.45) is 4.97. The molecule has 0 aliphatic carbocycles. The highest BCUT2D eigenvalue weighted by atomic mass is 16.1. The molecule has 5 nitrogen and oxygen atoms in total. The fourth-order valence-electron chi connectivity index (χ4n) is 1.76. The summed E-state index contributed by atoms with van der Waals surface area (Å²) in [6.45, 7) is 1.54. The van der Waals surface area contributed by atoms with Crippen molar-refractivity contribution in [2.45, 2.75) is 6.92 Å². The normalized spacial score (nSPS) is 11.3. The molecule has 0 amide bonds. The SMILES string of the molecule is CC(=O)c1c[nH]c2ncc3[nH]cnc3c12. The third-order valence-electron chi connectivity index (χ3n) is 2.47. The zero-order valence-corrected chi connectivity index (χ0v) is 8.03. The Morgan fingerprint density at radius 3 is 3.00 bits per heavy atom. The van der Waals surface area contributed by atoms with E-state index in [0.717, 1.165) is 16.4 Å². The number of nitrogens with zero attached hydrogens (tertiary/aromatic N) is 2. The van der Waals surface area contributed by atoms with Crippen molar-refractivity contribution in [2.24, 2.45) is 0 Å². The van der Waals surface area contributed by atoms with Crippen molar-refractivity contribution in [3.05, 3.63) is 24.3 Å². The van der Waals surface area contributed by atoms with E-state index in [1.54, 1.807) is 18.7 Å². The maximum atomic E-state index is 11.4. The van der Waals surface area contributed by atoms with Crippen LogP contribution in [0.3, 0.4) is 0 Å². The summed E-state index contributed by atoms with van der Waals surface area (Å²) < 4.78 is 0. The molecule has 74 valence electrons. The van der Waals surface area contributed by atoms with Crippen LogP contribution in [0.25, 0.3) is 22.1 Å². The molecule has 3 rings (SSSR count). The molecule has 3 aromatic rings. The number of Topliss-reactive ketones (excluding diaryl/α,β-unsaturated/α-hetero) is 1. The average Bonchev–Trinajstić information content (AvgIpc) is 2.82. The average molecular weight is 200 g/mol. The second-order valence-electron chi connectivity index (χ2n) is 3.41. The molecule has 3 aromatic heterocycles. The Morgan fingerprint density at radius 1 is 1.33 bits per heavy atom. The van der Waals surface area contributed by atoms with Crippen LogP contribution in [0.1, 0.15) is 17.3 Å². The van der Waals surface area contributed by atoms with Crippen LogP contribution < -0.4 is 0 Å². The predicted molar refractivity (Wildman–Crippen MR) is 55.7 cm³/mol. The number of aromatic nitrogens is 4. The number of carbonyl (C=O) groups is 1. The molecule has 2 N–H and O–H groups in total. The maximum Gasteiger partial charge on any atom is 0.162 e. The number of rotatable bonds is 1. The van der Waals surface area contributed by atoms with Gasteiger partial charge < -0.3 is 9.97 Å². The van der Waals surface area contributed by atoms with Crippen molar-refractivity contribution < 1.29 is 4.79 Å². The van der Waals surface area contributed by atoms with E-state index in [4.69, 9.17) is 0 Å². The molecule has 5 heteroatoms. The van der Waals surface area contributed by atoms with Gasteiger partial charge >= 0.3 is 0 Å². The third-order valence-corrected chi connectivity index (χ3v) is 2.47. The number of ketones is 1. The highest BCUT2D eigenvalue weighted by molar-refractivity contribution is 6.14. The summed E-state index contributed by atoms with van der Waals surface area (Å²) in [7, 11) is 0. The molecule has 15 heavy (non-hydrogen) atoms. The van der Waals surface area contributed by atoms with Crippen molar-refractivity contribution in [3.8, 4) is 0 Å². The summed E-state index contributed by atoms with van der Waals surface area (Å²) in [5, 5.41) is 0.793. The first-order valence-electron chi connectivity index (χ1n) is 4.57. The number of hydrogen-bond acceptors (Lipinski definition) is 3. The molecule has 0 aromatic carbocycles. The molecule has 0 saturated carbocycles. The molecule has 0 spiro atoms. The maximum absolute atomic E-state index is 11.4. The fourth-order valence-corrected chi connectivity index (χ4v) is 1.76. The van der Waals surface area contributed by atoms with Gasteiger partial charge in [0.1, 0.15) is 11.2 Å². The monoisotopic (exact) mass is 200 g/mol. The quantitative estimate of drug-likeness (QED) is 0.586. The van der Waals surface area contributed by atoms with Gasteiger partial charge in [-0.2, -0.15) is 0 Å². The molecule has 0 fully saturated rings. The second-order valence-corrected chi connectivity index (χ2v) is 3.41. The Morgan fingerprint density at radius 2 is 2.20 bits per heavy atom. The van der Waals surface area contributed by atoms with Crippen molar-refractivity contribution in [1.29, 1.82) is 0 Å². The molecule has 0 aliphatic heterocycles. The number of hydrogen-bond donors (Lipinski definition) is 2. The minimum Gasteiger partial charge on any atom is -0.345 e. The predicted octanol–water partition coefficient (Wildman–Crippen LogP) is 1.64. The largest absolute Gasteiger partial charge is 0.345 e. The van der Waals surface area contributed by atoms with E-state index in [2.05, 4.69) is 19.9 Å². The molecule has 3 heterocycles. The molecule has 0 bridgehead atoms. The highest BCUT2D eigenvalue weighted by Gasteiger charge is 2.13. The Hall–Kier alpha value is -2.17. The Bertz CT molecular complexity index is 664. The van der Waals surface area contributed by atoms with Crippen LogP contribution in [-0.2, 0) is 0 Å². The topological polar surface area (TPSA) is 74.4 Å². The lowest BCUT2D eigenvalue weighted by Gasteiger charge is -1.93. The van der Waals surface area contributed by atoms with Crippen molar-refractivity contribution in [2.75, 3.05) is 0 Å². The van der Waals surface area contributed by atoms with Gasteiger partial charge in [0, 0.05) is 11.8 Å². The van der Waals surface area contributed by atoms with E-state index >= 15 is 0 Å². The van der Waals surface area contributed by atoms with Crippen LogP contribution in [0, 0.1) is 0 Å². The third kappa shape index (κ3) is 0.999. The van der Waals surface area contributed by atoms with Crippen molar-refractivity contribution in [3.63, 3.8) is 0 Å². The molecule has 0 unspecified atom stereocenters. The van der Waals surface area contributed by atoms with E-state index in [0.29, 0.717) is 11.2 Å². The molecule has 0 aliphatic rings. The number of carbonyl (C=O) groups excluding carboxylic acids is 1. The van der Waals surface area contributed by atoms with E-state index in [1.165, 1.54) is 6.92 Å². The van der Waals surface area contributed by atoms with Crippen LogP contribution in [-0.4, -0.2) is 25.7 Å². The molecule has 0 radical (unpaired) electrons. The Balaban J connectivity index is 2.57. The van der Waals surface area contributed by atoms with Gasteiger partial charge in [0.25, 0.3) is 0 Å². The van der Waals surface area contributed by atoms with Gasteiger partial charge in [-0.05, 0) is 6.92 Å². The zero-order chi connectivity index (χ0) is 10.4. The van der Waals surface area contributed by atoms with Crippen LogP contribution in [0.2, 0.25) is 0 Å². The smallest absolute Gasteiger partial charge is 0.162 e. The summed E-state index contributed by atoms with van der Waals surface area (Å²) >= 11 is 0. The van der Waals surface area contributed by atoms with Gasteiger partial charge in [0.2, 0.25) is 0 Å². The van der Waals surface area contributed by atoms with Gasteiger partial charge in [-0.3, -0.25) is 4.79 Å². The van der Waals surface area contributed by atoms with E-state index in [-0.39, 0.29) is 5.78 Å². The van der Waals surface area contributed by atoms with Crippen LogP contribution in [0.4, 0.5) is 0 Å². The number of fused-ring (bicyclic) bond motifs is 3. The van der Waals surface area contributed by atoms with Crippen molar-refractivity contribution in [1.82, 2.24) is 19.9 Å². The van der Waals surface area contributed by atoms with E-state index < -0.39 is 0 Å². The van der Waals surface area contributed by atoms with Gasteiger partial charge in [0.15, 0.2) is 5.78 Å². The van der Waals surface area contributed by atoms with Gasteiger partial charge in [0.05, 0.1) is 23.4 Å². The first-order chi connectivity index (χ1) is 7.27. The highest BCUT2D eigenvalue weighted by Crippen LogP contribution is 2.23. The number of H-pyrrole nitrogens is 2. The summed E-state index contributed by atoms with van der Waals surface area (Å²) in [5.74, 6) is 0.0125. The lowest BCUT2D eigenvalue weighted by molar-refractivity contribution is 0.101. The minimum atomic E-state index is 0.0125. The van der Waals surface area contributed by atoms with Crippen LogP contribution in [0.15, 0.2) is 18.7 Å². The number of nitrogens with one attached hydrogen (secondary N) is 2.